The molecule has 154 valence electrons. The Morgan fingerprint density at radius 3 is 2.59 bits per heavy atom. The largest absolute Gasteiger partial charge is 0.481 e. The summed E-state index contributed by atoms with van der Waals surface area (Å²) in [5.41, 5.74) is 4.20. The Kier molecular flexibility index (Phi) is 4.01. The number of hydrogen-bond acceptors (Lipinski definition) is 5. The first-order valence-corrected chi connectivity index (χ1v) is 10.1. The van der Waals surface area contributed by atoms with Crippen molar-refractivity contribution < 1.29 is 4.74 Å². The maximum atomic E-state index is 12.7. The summed E-state index contributed by atoms with van der Waals surface area (Å²) < 4.78 is 6.92. The van der Waals surface area contributed by atoms with Crippen molar-refractivity contribution in [1.29, 1.82) is 0 Å². The molecule has 0 aliphatic carbocycles. The Bertz CT molecular complexity index is 1680. The van der Waals surface area contributed by atoms with Crippen LogP contribution in [0.3, 0.4) is 0 Å². The Balaban J connectivity index is 1.66. The molecule has 0 aliphatic heterocycles. The number of benzene rings is 3. The van der Waals surface area contributed by atoms with E-state index in [1.54, 1.807) is 18.0 Å². The van der Waals surface area contributed by atoms with Crippen LogP contribution in [0.5, 0.6) is 5.88 Å². The molecule has 6 rings (SSSR count). The monoisotopic (exact) mass is 419 g/mol. The van der Waals surface area contributed by atoms with Crippen molar-refractivity contribution in [2.24, 2.45) is 0 Å². The van der Waals surface area contributed by atoms with Crippen LogP contribution < -0.4 is 10.3 Å². The van der Waals surface area contributed by atoms with Crippen molar-refractivity contribution >= 4 is 32.7 Å². The lowest BCUT2D eigenvalue weighted by Crippen LogP contribution is -2.07. The van der Waals surface area contributed by atoms with Crippen LogP contribution in [-0.2, 0) is 0 Å². The molecule has 3 aromatic heterocycles. The number of nitrogens with zero attached hydrogens (tertiary/aromatic N) is 4. The number of hydrogen-bond donors (Lipinski definition) is 1. The van der Waals surface area contributed by atoms with Crippen LogP contribution in [-0.4, -0.2) is 32.1 Å². The first-order valence-electron chi connectivity index (χ1n) is 10.1. The third kappa shape index (κ3) is 2.75. The zero-order valence-corrected chi connectivity index (χ0v) is 17.1. The third-order valence-corrected chi connectivity index (χ3v) is 5.68. The van der Waals surface area contributed by atoms with Crippen LogP contribution in [0.4, 0.5) is 0 Å². The fourth-order valence-electron chi connectivity index (χ4n) is 4.12. The molecule has 0 aliphatic rings. The van der Waals surface area contributed by atoms with Gasteiger partial charge in [-0.3, -0.25) is 4.79 Å². The molecule has 0 unspecified atom stereocenters. The Morgan fingerprint density at radius 2 is 1.75 bits per heavy atom. The standard InChI is InChI=1S/C25H17N5O2/c1-32-22-12-10-17(14-26-22)16-9-11-20-19(13-16)24-23(25(31)27-20)28-29-30(24)21-8-4-6-15-5-2-3-7-18(15)21/h2-14H,1H3,(H,27,31). The molecule has 6 aromatic rings. The Morgan fingerprint density at radius 1 is 0.906 bits per heavy atom. The summed E-state index contributed by atoms with van der Waals surface area (Å²) in [6, 6.07) is 23.8. The normalized spacial score (nSPS) is 11.4. The van der Waals surface area contributed by atoms with Crippen LogP contribution in [0, 0.1) is 0 Å². The number of aromatic nitrogens is 5. The minimum Gasteiger partial charge on any atom is -0.481 e. The van der Waals surface area contributed by atoms with Gasteiger partial charge in [-0.25, -0.2) is 9.67 Å². The number of methoxy groups -OCH3 is 1. The second kappa shape index (κ2) is 7.02. The fourth-order valence-corrected chi connectivity index (χ4v) is 4.12. The van der Waals surface area contributed by atoms with E-state index < -0.39 is 0 Å². The van der Waals surface area contributed by atoms with E-state index in [0.717, 1.165) is 38.5 Å². The predicted molar refractivity (Wildman–Crippen MR) is 124 cm³/mol. The summed E-state index contributed by atoms with van der Waals surface area (Å²) in [6.07, 6.45) is 1.77. The number of H-pyrrole nitrogens is 1. The number of aromatic amines is 1. The fraction of sp³-hybridized carbons (Fsp3) is 0.0400. The van der Waals surface area contributed by atoms with Gasteiger partial charge in [0.2, 0.25) is 5.88 Å². The van der Waals surface area contributed by atoms with Gasteiger partial charge in [-0.1, -0.05) is 47.7 Å². The van der Waals surface area contributed by atoms with Gasteiger partial charge in [0.15, 0.2) is 5.52 Å². The molecule has 1 N–H and O–H groups in total. The molecule has 0 amide bonds. The molecule has 0 bridgehead atoms. The molecular weight excluding hydrogens is 402 g/mol. The number of fused-ring (bicyclic) bond motifs is 4. The minimum atomic E-state index is -0.266. The molecule has 0 saturated carbocycles. The number of pyridine rings is 2. The first kappa shape index (κ1) is 18.3. The number of nitrogens with one attached hydrogen (secondary N) is 1. The number of rotatable bonds is 3. The lowest BCUT2D eigenvalue weighted by Gasteiger charge is -2.10. The molecular formula is C25H17N5O2. The van der Waals surface area contributed by atoms with Crippen LogP contribution in [0.15, 0.2) is 83.8 Å². The van der Waals surface area contributed by atoms with E-state index in [0.29, 0.717) is 16.9 Å². The zero-order chi connectivity index (χ0) is 21.7. The van der Waals surface area contributed by atoms with Crippen molar-refractivity contribution in [3.8, 4) is 22.7 Å². The van der Waals surface area contributed by atoms with E-state index in [4.69, 9.17) is 4.74 Å². The van der Waals surface area contributed by atoms with Gasteiger partial charge in [-0.15, -0.1) is 5.10 Å². The summed E-state index contributed by atoms with van der Waals surface area (Å²) in [6.45, 7) is 0. The van der Waals surface area contributed by atoms with E-state index >= 15 is 0 Å². The molecule has 0 fully saturated rings. The maximum absolute atomic E-state index is 12.7. The molecule has 3 aromatic carbocycles. The third-order valence-electron chi connectivity index (χ3n) is 5.68. The molecule has 0 radical (unpaired) electrons. The van der Waals surface area contributed by atoms with Crippen molar-refractivity contribution in [3.63, 3.8) is 0 Å². The quantitative estimate of drug-likeness (QED) is 0.457. The first-order chi connectivity index (χ1) is 15.7. The molecule has 0 atom stereocenters. The van der Waals surface area contributed by atoms with Crippen LogP contribution >= 0.6 is 0 Å². The Labute approximate surface area is 181 Å². The van der Waals surface area contributed by atoms with E-state index in [1.807, 2.05) is 60.7 Å². The highest BCUT2D eigenvalue weighted by Gasteiger charge is 2.16. The van der Waals surface area contributed by atoms with Gasteiger partial charge in [0.05, 0.1) is 18.3 Å². The summed E-state index contributed by atoms with van der Waals surface area (Å²) in [7, 11) is 1.59. The van der Waals surface area contributed by atoms with Crippen molar-refractivity contribution in [3.05, 3.63) is 89.3 Å². The van der Waals surface area contributed by atoms with Gasteiger partial charge in [0.25, 0.3) is 5.56 Å². The summed E-state index contributed by atoms with van der Waals surface area (Å²) >= 11 is 0. The van der Waals surface area contributed by atoms with Gasteiger partial charge in [0, 0.05) is 28.6 Å². The van der Waals surface area contributed by atoms with Gasteiger partial charge in [-0.2, -0.15) is 0 Å². The molecule has 0 saturated heterocycles. The highest BCUT2D eigenvalue weighted by atomic mass is 16.5. The van der Waals surface area contributed by atoms with Crippen LogP contribution in [0.2, 0.25) is 0 Å². The van der Waals surface area contributed by atoms with Crippen molar-refractivity contribution in [2.75, 3.05) is 7.11 Å². The average Bonchev–Trinajstić information content (AvgIpc) is 3.30. The zero-order valence-electron chi connectivity index (χ0n) is 17.1. The average molecular weight is 419 g/mol. The van der Waals surface area contributed by atoms with E-state index in [1.165, 1.54) is 0 Å². The van der Waals surface area contributed by atoms with Gasteiger partial charge >= 0.3 is 0 Å². The van der Waals surface area contributed by atoms with E-state index in [-0.39, 0.29) is 5.56 Å². The highest BCUT2D eigenvalue weighted by molar-refractivity contribution is 6.05. The summed E-state index contributed by atoms with van der Waals surface area (Å²) in [5, 5.41) is 11.6. The van der Waals surface area contributed by atoms with Crippen LogP contribution in [0.25, 0.3) is 49.5 Å². The predicted octanol–water partition coefficient (Wildman–Crippen LogP) is 4.49. The van der Waals surface area contributed by atoms with Gasteiger partial charge in [0.1, 0.15) is 5.52 Å². The maximum Gasteiger partial charge on any atom is 0.278 e. The molecule has 7 heteroatoms. The minimum absolute atomic E-state index is 0.266. The lowest BCUT2D eigenvalue weighted by atomic mass is 10.0. The highest BCUT2D eigenvalue weighted by Crippen LogP contribution is 2.30. The number of ether oxygens (including phenoxy) is 1. The topological polar surface area (TPSA) is 85.7 Å². The summed E-state index contributed by atoms with van der Waals surface area (Å²) in [5.74, 6) is 0.555. The van der Waals surface area contributed by atoms with Crippen molar-refractivity contribution in [2.45, 2.75) is 0 Å². The second-order valence-corrected chi connectivity index (χ2v) is 7.50. The molecule has 0 spiro atoms. The molecule has 7 nitrogen and oxygen atoms in total. The smallest absolute Gasteiger partial charge is 0.278 e. The molecule has 3 heterocycles. The second-order valence-electron chi connectivity index (χ2n) is 7.50. The summed E-state index contributed by atoms with van der Waals surface area (Å²) in [4.78, 5) is 20.0. The van der Waals surface area contributed by atoms with Crippen molar-refractivity contribution in [1.82, 2.24) is 25.0 Å². The van der Waals surface area contributed by atoms with Gasteiger partial charge < -0.3 is 9.72 Å². The SMILES string of the molecule is COc1ccc(-c2ccc3[nH]c(=O)c4nnn(-c5cccc6ccccc56)c4c3c2)cn1. The van der Waals surface area contributed by atoms with Crippen LogP contribution in [0.1, 0.15) is 0 Å². The Hall–Kier alpha value is -4.52. The van der Waals surface area contributed by atoms with E-state index in [9.17, 15) is 4.79 Å². The van der Waals surface area contributed by atoms with Gasteiger partial charge in [-0.05, 0) is 35.2 Å². The lowest BCUT2D eigenvalue weighted by molar-refractivity contribution is 0.398. The van der Waals surface area contributed by atoms with E-state index in [2.05, 4.69) is 32.4 Å². The molecule has 32 heavy (non-hydrogen) atoms.